The molecule has 2 aromatic heterocycles. The van der Waals surface area contributed by atoms with Crippen molar-refractivity contribution in [2.45, 2.75) is 19.4 Å². The number of hydrogen-bond acceptors (Lipinski definition) is 5. The van der Waals surface area contributed by atoms with E-state index in [0.29, 0.717) is 16.6 Å². The number of amides is 2. The first-order valence-corrected chi connectivity index (χ1v) is 9.98. The fourth-order valence-electron chi connectivity index (χ4n) is 3.84. The topological polar surface area (TPSA) is 105 Å². The Hall–Kier alpha value is -3.53. The first-order chi connectivity index (χ1) is 15.3. The average Bonchev–Trinajstić information content (AvgIpc) is 3.09. The third kappa shape index (κ3) is 4.01. The van der Waals surface area contributed by atoms with Crippen LogP contribution in [0, 0.1) is 18.6 Å². The van der Waals surface area contributed by atoms with Gasteiger partial charge in [0.05, 0.1) is 24.8 Å². The third-order valence-corrected chi connectivity index (χ3v) is 5.40. The Morgan fingerprint density at radius 3 is 2.66 bits per heavy atom. The van der Waals surface area contributed by atoms with Crippen LogP contribution in [0.2, 0.25) is 0 Å². The predicted octanol–water partition coefficient (Wildman–Crippen LogP) is 3.36. The van der Waals surface area contributed by atoms with Crippen molar-refractivity contribution in [2.75, 3.05) is 26.7 Å². The van der Waals surface area contributed by atoms with Gasteiger partial charge in [0.2, 0.25) is 5.71 Å². The molecule has 0 unspecified atom stereocenters. The normalized spacial score (nSPS) is 16.4. The van der Waals surface area contributed by atoms with E-state index in [1.165, 1.54) is 11.9 Å². The number of benzene rings is 1. The lowest BCUT2D eigenvalue weighted by Gasteiger charge is -2.31. The van der Waals surface area contributed by atoms with Crippen LogP contribution in [-0.2, 0) is 11.2 Å². The van der Waals surface area contributed by atoms with Gasteiger partial charge in [0, 0.05) is 42.2 Å². The average molecular weight is 445 g/mol. The van der Waals surface area contributed by atoms with Crippen LogP contribution < -0.4 is 5.32 Å². The van der Waals surface area contributed by atoms with Crippen LogP contribution in [0.25, 0.3) is 22.4 Å². The van der Waals surface area contributed by atoms with Crippen molar-refractivity contribution in [3.8, 4) is 11.3 Å². The molecule has 0 spiro atoms. The van der Waals surface area contributed by atoms with E-state index in [9.17, 15) is 14.7 Å². The van der Waals surface area contributed by atoms with Crippen molar-refractivity contribution < 1.29 is 32.6 Å². The Morgan fingerprint density at radius 2 is 2.00 bits per heavy atom. The predicted molar refractivity (Wildman–Crippen MR) is 111 cm³/mol. The molecule has 8 nitrogen and oxygen atoms in total. The van der Waals surface area contributed by atoms with Gasteiger partial charge in [-0.1, -0.05) is 0 Å². The molecular formula is C22H21F2N3O5. The zero-order valence-electron chi connectivity index (χ0n) is 17.4. The van der Waals surface area contributed by atoms with Crippen LogP contribution >= 0.6 is 0 Å². The number of nitrogens with one attached hydrogen (secondary N) is 1. The number of carbonyl (C=O) groups is 2. The number of pyridine rings is 1. The van der Waals surface area contributed by atoms with Gasteiger partial charge in [-0.2, -0.15) is 0 Å². The number of furan rings is 1. The Labute approximate surface area is 181 Å². The van der Waals surface area contributed by atoms with Crippen LogP contribution in [0.4, 0.5) is 13.6 Å². The molecule has 0 aliphatic carbocycles. The molecule has 10 heteroatoms. The van der Waals surface area contributed by atoms with E-state index in [4.69, 9.17) is 9.15 Å². The van der Waals surface area contributed by atoms with Crippen molar-refractivity contribution in [2.24, 2.45) is 0 Å². The van der Waals surface area contributed by atoms with Crippen LogP contribution in [0.5, 0.6) is 0 Å². The molecule has 168 valence electrons. The highest BCUT2D eigenvalue weighted by molar-refractivity contribution is 5.95. The monoisotopic (exact) mass is 445 g/mol. The van der Waals surface area contributed by atoms with Gasteiger partial charge < -0.3 is 24.5 Å². The first-order valence-electron chi connectivity index (χ1n) is 9.98. The van der Waals surface area contributed by atoms with Crippen LogP contribution in [0.15, 0.2) is 28.7 Å². The number of halogens is 2. The SMILES string of the molecule is CNC(=O)c1cc(F)c(-c2oc3nc(C)ccc3c2C[C@H]2CN(C(=O)O)CCO2)c(F)c1. The summed E-state index contributed by atoms with van der Waals surface area (Å²) < 4.78 is 41.5. The number of rotatable bonds is 4. The number of ether oxygens (including phenoxy) is 1. The maximum Gasteiger partial charge on any atom is 0.407 e. The van der Waals surface area contributed by atoms with Crippen molar-refractivity contribution in [3.05, 3.63) is 52.7 Å². The maximum atomic E-state index is 15.0. The number of aromatic nitrogens is 1. The minimum Gasteiger partial charge on any atom is -0.465 e. The quantitative estimate of drug-likeness (QED) is 0.638. The summed E-state index contributed by atoms with van der Waals surface area (Å²) in [5, 5.41) is 12.2. The molecule has 32 heavy (non-hydrogen) atoms. The number of nitrogens with zero attached hydrogens (tertiary/aromatic N) is 2. The van der Waals surface area contributed by atoms with Crippen molar-refractivity contribution >= 4 is 23.1 Å². The van der Waals surface area contributed by atoms with E-state index in [1.54, 1.807) is 19.1 Å². The summed E-state index contributed by atoms with van der Waals surface area (Å²) in [6.45, 7) is 2.33. The first kappa shape index (κ1) is 21.7. The van der Waals surface area contributed by atoms with E-state index >= 15 is 8.78 Å². The number of aryl methyl sites for hydroxylation is 1. The van der Waals surface area contributed by atoms with Gasteiger partial charge in [-0.25, -0.2) is 18.6 Å². The molecule has 1 atom stereocenters. The Balaban J connectivity index is 1.82. The van der Waals surface area contributed by atoms with Crippen molar-refractivity contribution in [1.29, 1.82) is 0 Å². The standard InChI is InChI=1S/C22H21F2N3O5/c1-11-3-4-14-15(9-13-10-27(22(29)30)5-6-31-13)19(32-21(14)26-11)18-16(23)7-12(8-17(18)24)20(28)25-2/h3-4,7-8,13H,5-6,9-10H2,1-2H3,(H,25,28)(H,29,30)/t13-/m0/s1. The fraction of sp³-hybridized carbons (Fsp3) is 0.318. The summed E-state index contributed by atoms with van der Waals surface area (Å²) in [6.07, 6.45) is -1.43. The number of hydrogen-bond donors (Lipinski definition) is 2. The van der Waals surface area contributed by atoms with Crippen LogP contribution in [0.3, 0.4) is 0 Å². The van der Waals surface area contributed by atoms with Gasteiger partial charge in [0.1, 0.15) is 17.4 Å². The zero-order chi connectivity index (χ0) is 23.0. The fourth-order valence-corrected chi connectivity index (χ4v) is 3.84. The van der Waals surface area contributed by atoms with Gasteiger partial charge in [-0.15, -0.1) is 0 Å². The Kier molecular flexibility index (Phi) is 5.79. The number of carboxylic acid groups (broad SMARTS) is 1. The van der Waals surface area contributed by atoms with Gasteiger partial charge in [0.15, 0.2) is 0 Å². The van der Waals surface area contributed by atoms with E-state index in [-0.39, 0.29) is 43.2 Å². The van der Waals surface area contributed by atoms with Crippen LogP contribution in [0.1, 0.15) is 21.6 Å². The van der Waals surface area contributed by atoms with Gasteiger partial charge in [-0.05, 0) is 31.2 Å². The zero-order valence-corrected chi connectivity index (χ0v) is 17.4. The minimum atomic E-state index is -1.06. The minimum absolute atomic E-state index is 0.0624. The van der Waals surface area contributed by atoms with Crippen LogP contribution in [-0.4, -0.2) is 59.8 Å². The second-order valence-corrected chi connectivity index (χ2v) is 7.53. The van der Waals surface area contributed by atoms with Gasteiger partial charge >= 0.3 is 6.09 Å². The van der Waals surface area contributed by atoms with Crippen molar-refractivity contribution in [3.63, 3.8) is 0 Å². The summed E-state index contributed by atoms with van der Waals surface area (Å²) in [7, 11) is 1.36. The summed E-state index contributed by atoms with van der Waals surface area (Å²) >= 11 is 0. The van der Waals surface area contributed by atoms with E-state index < -0.39 is 35.3 Å². The van der Waals surface area contributed by atoms with Gasteiger partial charge in [0.25, 0.3) is 5.91 Å². The molecule has 2 N–H and O–H groups in total. The highest BCUT2D eigenvalue weighted by atomic mass is 19.1. The van der Waals surface area contributed by atoms with E-state index in [0.717, 1.165) is 12.1 Å². The van der Waals surface area contributed by atoms with Gasteiger partial charge in [-0.3, -0.25) is 4.79 Å². The molecule has 4 rings (SSSR count). The summed E-state index contributed by atoms with van der Waals surface area (Å²) in [5.41, 5.74) is 0.733. The molecule has 1 fully saturated rings. The molecule has 2 amide bonds. The summed E-state index contributed by atoms with van der Waals surface area (Å²) in [4.78, 5) is 28.7. The Bertz CT molecular complexity index is 1190. The highest BCUT2D eigenvalue weighted by Crippen LogP contribution is 2.37. The van der Waals surface area contributed by atoms with E-state index in [1.807, 2.05) is 0 Å². The lowest BCUT2D eigenvalue weighted by molar-refractivity contribution is -0.0209. The van der Waals surface area contributed by atoms with Crippen molar-refractivity contribution in [1.82, 2.24) is 15.2 Å². The molecule has 0 saturated carbocycles. The second kappa shape index (κ2) is 8.54. The second-order valence-electron chi connectivity index (χ2n) is 7.53. The number of morpholine rings is 1. The summed E-state index contributed by atoms with van der Waals surface area (Å²) in [6, 6.07) is 5.37. The molecule has 3 heterocycles. The largest absolute Gasteiger partial charge is 0.465 e. The molecule has 3 aromatic rings. The molecule has 0 radical (unpaired) electrons. The molecular weight excluding hydrogens is 424 g/mol. The highest BCUT2D eigenvalue weighted by Gasteiger charge is 2.29. The molecule has 1 saturated heterocycles. The number of fused-ring (bicyclic) bond motifs is 1. The molecule has 1 aliphatic heterocycles. The Morgan fingerprint density at radius 1 is 1.28 bits per heavy atom. The lowest BCUT2D eigenvalue weighted by atomic mass is 9.98. The third-order valence-electron chi connectivity index (χ3n) is 5.40. The molecule has 0 bridgehead atoms. The lowest BCUT2D eigenvalue weighted by Crippen LogP contribution is -2.45. The molecule has 1 aromatic carbocycles. The smallest absolute Gasteiger partial charge is 0.407 e. The number of carbonyl (C=O) groups excluding carboxylic acids is 1. The van der Waals surface area contributed by atoms with E-state index in [2.05, 4.69) is 10.3 Å². The maximum absolute atomic E-state index is 15.0. The summed E-state index contributed by atoms with van der Waals surface area (Å²) in [5.74, 6) is -2.61. The molecule has 1 aliphatic rings.